The fraction of sp³-hybridized carbons (Fsp3) is 0.900. The quantitative estimate of drug-likeness (QED) is 0.800. The van der Waals surface area contributed by atoms with Gasteiger partial charge in [-0.2, -0.15) is 5.26 Å². The highest BCUT2D eigenvalue weighted by atomic mass is 16.2. The molecule has 5 nitrogen and oxygen atoms in total. The second kappa shape index (κ2) is 8.05. The van der Waals surface area contributed by atoms with Crippen LogP contribution in [0.25, 0.3) is 0 Å². The molecule has 3 rings (SSSR count). The highest BCUT2D eigenvalue weighted by Gasteiger charge is 2.42. The molecule has 3 fully saturated rings. The molecule has 5 atom stereocenters. The average Bonchev–Trinajstić information content (AvgIpc) is 3.20. The highest BCUT2D eigenvalue weighted by molar-refractivity contribution is 5.78. The van der Waals surface area contributed by atoms with E-state index in [-0.39, 0.29) is 11.9 Å². The number of amides is 1. The minimum absolute atomic E-state index is 0.00575. The average molecular weight is 347 g/mol. The lowest BCUT2D eigenvalue weighted by atomic mass is 9.84. The molecule has 1 heterocycles. The number of piperazine rings is 1. The van der Waals surface area contributed by atoms with E-state index >= 15 is 0 Å². The van der Waals surface area contributed by atoms with E-state index in [0.717, 1.165) is 38.0 Å². The Bertz CT molecular complexity index is 506. The van der Waals surface area contributed by atoms with Crippen molar-refractivity contribution in [3.05, 3.63) is 0 Å². The molecular formula is C20H34N4O. The molecular weight excluding hydrogens is 312 g/mol. The Hall–Kier alpha value is -1.12. The summed E-state index contributed by atoms with van der Waals surface area (Å²) in [4.78, 5) is 16.9. The van der Waals surface area contributed by atoms with Crippen LogP contribution in [0.4, 0.5) is 0 Å². The van der Waals surface area contributed by atoms with E-state index in [2.05, 4.69) is 42.0 Å². The van der Waals surface area contributed by atoms with Crippen molar-refractivity contribution in [3.8, 4) is 6.07 Å². The van der Waals surface area contributed by atoms with Crippen LogP contribution in [0.1, 0.15) is 46.5 Å². The number of carbonyl (C=O) groups is 1. The maximum absolute atomic E-state index is 12.4. The molecule has 1 saturated heterocycles. The molecule has 0 radical (unpaired) electrons. The lowest BCUT2D eigenvalue weighted by Crippen LogP contribution is -2.54. The third kappa shape index (κ3) is 4.35. The van der Waals surface area contributed by atoms with Crippen molar-refractivity contribution in [1.29, 1.82) is 5.26 Å². The number of nitrogens with one attached hydrogen (secondary N) is 1. The molecule has 5 heteroatoms. The van der Waals surface area contributed by atoms with Gasteiger partial charge in [0.15, 0.2) is 0 Å². The van der Waals surface area contributed by atoms with Crippen LogP contribution in [0.3, 0.4) is 0 Å². The summed E-state index contributed by atoms with van der Waals surface area (Å²) < 4.78 is 0. The first kappa shape index (κ1) is 18.7. The molecule has 1 aliphatic heterocycles. The summed E-state index contributed by atoms with van der Waals surface area (Å²) in [6, 6.07) is 2.73. The van der Waals surface area contributed by atoms with Gasteiger partial charge in [0.1, 0.15) is 6.04 Å². The predicted octanol–water partition coefficient (Wildman–Crippen LogP) is 2.09. The fourth-order valence-electron chi connectivity index (χ4n) is 5.37. The van der Waals surface area contributed by atoms with Crippen molar-refractivity contribution < 1.29 is 4.79 Å². The second-order valence-corrected chi connectivity index (χ2v) is 8.82. The SMILES string of the molecule is CC(C)C(C#N)N1CCN(CC(=O)NC(C)C2CC3CCC2C3)CC1. The van der Waals surface area contributed by atoms with E-state index < -0.39 is 0 Å². The summed E-state index contributed by atoms with van der Waals surface area (Å²) in [5.41, 5.74) is 0. The van der Waals surface area contributed by atoms with Gasteiger partial charge in [-0.1, -0.05) is 20.3 Å². The summed E-state index contributed by atoms with van der Waals surface area (Å²) in [5, 5.41) is 12.6. The standard InChI is InChI=1S/C20H34N4O/c1-14(2)19(12-21)24-8-6-23(7-9-24)13-20(25)22-15(3)18-11-16-4-5-17(18)10-16/h14-19H,4-11,13H2,1-3H3,(H,22,25). The van der Waals surface area contributed by atoms with E-state index in [4.69, 9.17) is 0 Å². The fourth-order valence-corrected chi connectivity index (χ4v) is 5.37. The summed E-state index contributed by atoms with van der Waals surface area (Å²) in [6.07, 6.45) is 5.48. The summed E-state index contributed by atoms with van der Waals surface area (Å²) in [7, 11) is 0. The normalized spacial score (nSPS) is 32.5. The van der Waals surface area contributed by atoms with Gasteiger partial charge in [-0.25, -0.2) is 0 Å². The third-order valence-electron chi connectivity index (χ3n) is 6.75. The monoisotopic (exact) mass is 346 g/mol. The first-order valence-electron chi connectivity index (χ1n) is 10.1. The largest absolute Gasteiger partial charge is 0.352 e. The third-order valence-corrected chi connectivity index (χ3v) is 6.75. The zero-order valence-electron chi connectivity index (χ0n) is 16.1. The number of nitriles is 1. The Morgan fingerprint density at radius 1 is 1.16 bits per heavy atom. The van der Waals surface area contributed by atoms with Crippen LogP contribution in [0.2, 0.25) is 0 Å². The van der Waals surface area contributed by atoms with Crippen molar-refractivity contribution in [3.63, 3.8) is 0 Å². The Balaban J connectivity index is 1.40. The van der Waals surface area contributed by atoms with E-state index in [1.165, 1.54) is 25.7 Å². The van der Waals surface area contributed by atoms with Gasteiger partial charge in [-0.05, 0) is 49.9 Å². The van der Waals surface area contributed by atoms with Gasteiger partial charge in [0.25, 0.3) is 0 Å². The molecule has 25 heavy (non-hydrogen) atoms. The summed E-state index contributed by atoms with van der Waals surface area (Å²) in [5.74, 6) is 2.99. The molecule has 0 spiro atoms. The van der Waals surface area contributed by atoms with Gasteiger partial charge >= 0.3 is 0 Å². The molecule has 2 bridgehead atoms. The number of nitrogens with zero attached hydrogens (tertiary/aromatic N) is 3. The van der Waals surface area contributed by atoms with Gasteiger partial charge < -0.3 is 5.32 Å². The van der Waals surface area contributed by atoms with Crippen LogP contribution >= 0.6 is 0 Å². The van der Waals surface area contributed by atoms with Crippen LogP contribution < -0.4 is 5.32 Å². The molecule has 1 amide bonds. The van der Waals surface area contributed by atoms with Crippen molar-refractivity contribution in [1.82, 2.24) is 15.1 Å². The van der Waals surface area contributed by atoms with Crippen LogP contribution in [0.15, 0.2) is 0 Å². The molecule has 5 unspecified atom stereocenters. The van der Waals surface area contributed by atoms with E-state index in [9.17, 15) is 10.1 Å². The minimum atomic E-state index is -0.00575. The number of fused-ring (bicyclic) bond motifs is 2. The predicted molar refractivity (Wildman–Crippen MR) is 98.8 cm³/mol. The molecule has 2 aliphatic carbocycles. The Morgan fingerprint density at radius 2 is 1.88 bits per heavy atom. The molecule has 3 aliphatic rings. The smallest absolute Gasteiger partial charge is 0.234 e. The number of carbonyl (C=O) groups excluding carboxylic acids is 1. The van der Waals surface area contributed by atoms with Crippen molar-refractivity contribution in [2.45, 2.75) is 58.5 Å². The first-order chi connectivity index (χ1) is 12.0. The van der Waals surface area contributed by atoms with Crippen LogP contribution in [0, 0.1) is 35.0 Å². The first-order valence-corrected chi connectivity index (χ1v) is 10.1. The lowest BCUT2D eigenvalue weighted by molar-refractivity contribution is -0.123. The van der Waals surface area contributed by atoms with Crippen LogP contribution in [0.5, 0.6) is 0 Å². The zero-order valence-corrected chi connectivity index (χ0v) is 16.1. The van der Waals surface area contributed by atoms with E-state index in [0.29, 0.717) is 24.4 Å². The maximum Gasteiger partial charge on any atom is 0.234 e. The Morgan fingerprint density at radius 3 is 2.40 bits per heavy atom. The summed E-state index contributed by atoms with van der Waals surface area (Å²) in [6.45, 7) is 10.4. The van der Waals surface area contributed by atoms with E-state index in [1.54, 1.807) is 0 Å². The van der Waals surface area contributed by atoms with Crippen molar-refractivity contribution >= 4 is 5.91 Å². The Labute approximate surface area is 152 Å². The molecule has 0 aromatic heterocycles. The number of hydrogen-bond donors (Lipinski definition) is 1. The van der Waals surface area contributed by atoms with Gasteiger partial charge in [0.05, 0.1) is 12.6 Å². The topological polar surface area (TPSA) is 59.4 Å². The zero-order chi connectivity index (χ0) is 18.0. The number of hydrogen-bond acceptors (Lipinski definition) is 4. The van der Waals surface area contributed by atoms with Gasteiger partial charge in [-0.15, -0.1) is 0 Å². The van der Waals surface area contributed by atoms with Gasteiger partial charge in [0, 0.05) is 32.2 Å². The summed E-state index contributed by atoms with van der Waals surface area (Å²) >= 11 is 0. The van der Waals surface area contributed by atoms with E-state index in [1.807, 2.05) is 0 Å². The van der Waals surface area contributed by atoms with Crippen molar-refractivity contribution in [2.75, 3.05) is 32.7 Å². The number of rotatable bonds is 6. The van der Waals surface area contributed by atoms with Crippen LogP contribution in [-0.4, -0.2) is 60.5 Å². The lowest BCUT2D eigenvalue weighted by Gasteiger charge is -2.38. The molecule has 2 saturated carbocycles. The maximum atomic E-state index is 12.4. The second-order valence-electron chi connectivity index (χ2n) is 8.82. The molecule has 0 aromatic carbocycles. The van der Waals surface area contributed by atoms with Gasteiger partial charge in [-0.3, -0.25) is 14.6 Å². The minimum Gasteiger partial charge on any atom is -0.352 e. The Kier molecular flexibility index (Phi) is 6.01. The molecule has 0 aromatic rings. The van der Waals surface area contributed by atoms with Crippen molar-refractivity contribution in [2.24, 2.45) is 23.7 Å². The molecule has 1 N–H and O–H groups in total. The molecule has 140 valence electrons. The highest BCUT2D eigenvalue weighted by Crippen LogP contribution is 2.49. The van der Waals surface area contributed by atoms with Crippen LogP contribution in [-0.2, 0) is 4.79 Å². The van der Waals surface area contributed by atoms with Gasteiger partial charge in [0.2, 0.25) is 5.91 Å².